The van der Waals surface area contributed by atoms with E-state index in [0.29, 0.717) is 18.1 Å². The Morgan fingerprint density at radius 2 is 1.92 bits per heavy atom. The third kappa shape index (κ3) is 4.31. The van der Waals surface area contributed by atoms with Crippen LogP contribution in [0.1, 0.15) is 31.1 Å². The Bertz CT molecular complexity index is 575. The lowest BCUT2D eigenvalue weighted by molar-refractivity contribution is -0.272. The zero-order valence-corrected chi connectivity index (χ0v) is 14.0. The fourth-order valence-corrected chi connectivity index (χ4v) is 2.03. The Morgan fingerprint density at radius 1 is 1.29 bits per heavy atom. The van der Waals surface area contributed by atoms with E-state index in [1.165, 1.54) is 39.2 Å². The highest BCUT2D eigenvalue weighted by atomic mass is 19.4. The molecule has 0 heterocycles. The summed E-state index contributed by atoms with van der Waals surface area (Å²) in [7, 11) is 1.39. The largest absolute Gasteiger partial charge is 0.493 e. The van der Waals surface area contributed by atoms with E-state index in [4.69, 9.17) is 9.47 Å². The summed E-state index contributed by atoms with van der Waals surface area (Å²) < 4.78 is 49.5. The van der Waals surface area contributed by atoms with Gasteiger partial charge in [-0.2, -0.15) is 13.2 Å². The van der Waals surface area contributed by atoms with Gasteiger partial charge in [0.2, 0.25) is 0 Å². The molecule has 0 bridgehead atoms. The Morgan fingerprint density at radius 3 is 2.38 bits per heavy atom. The topological polar surface area (TPSA) is 67.8 Å². The molecule has 5 nitrogen and oxygen atoms in total. The molecule has 0 fully saturated rings. The SMILES string of the molecule is CCOc1ccc(C(=O)NCC(O)(C(C)C)C(F)(F)F)cc1OC. The first-order valence-electron chi connectivity index (χ1n) is 7.45. The van der Waals surface area contributed by atoms with Gasteiger partial charge in [-0.25, -0.2) is 0 Å². The number of amides is 1. The minimum Gasteiger partial charge on any atom is -0.493 e. The van der Waals surface area contributed by atoms with Crippen molar-refractivity contribution >= 4 is 5.91 Å². The summed E-state index contributed by atoms with van der Waals surface area (Å²) in [5.74, 6) is -1.16. The van der Waals surface area contributed by atoms with Gasteiger partial charge < -0.3 is 19.9 Å². The monoisotopic (exact) mass is 349 g/mol. The second kappa shape index (κ2) is 7.74. The first-order valence-corrected chi connectivity index (χ1v) is 7.45. The van der Waals surface area contributed by atoms with Crippen LogP contribution in [0, 0.1) is 5.92 Å². The highest BCUT2D eigenvalue weighted by Gasteiger charge is 2.55. The van der Waals surface area contributed by atoms with Gasteiger partial charge >= 0.3 is 6.18 Å². The van der Waals surface area contributed by atoms with E-state index < -0.39 is 30.1 Å². The predicted octanol–water partition coefficient (Wildman–Crippen LogP) is 2.77. The van der Waals surface area contributed by atoms with Crippen LogP contribution in [0.15, 0.2) is 18.2 Å². The van der Waals surface area contributed by atoms with Crippen LogP contribution in [-0.2, 0) is 0 Å². The van der Waals surface area contributed by atoms with Crippen LogP contribution in [0.4, 0.5) is 13.2 Å². The Hall–Kier alpha value is -1.96. The first-order chi connectivity index (χ1) is 11.1. The molecule has 0 aromatic heterocycles. The number of hydrogen-bond acceptors (Lipinski definition) is 4. The molecule has 1 unspecified atom stereocenters. The number of methoxy groups -OCH3 is 1. The Balaban J connectivity index is 2.92. The lowest BCUT2D eigenvalue weighted by Gasteiger charge is -2.34. The van der Waals surface area contributed by atoms with Crippen LogP contribution >= 0.6 is 0 Å². The molecule has 0 aliphatic heterocycles. The first kappa shape index (κ1) is 20.1. The van der Waals surface area contributed by atoms with Gasteiger partial charge in [-0.15, -0.1) is 0 Å². The number of nitrogens with one attached hydrogen (secondary N) is 1. The number of halogens is 3. The van der Waals surface area contributed by atoms with E-state index in [1.54, 1.807) is 6.92 Å². The number of hydrogen-bond donors (Lipinski definition) is 2. The fraction of sp³-hybridized carbons (Fsp3) is 0.562. The second-order valence-corrected chi connectivity index (χ2v) is 5.56. The quantitative estimate of drug-likeness (QED) is 0.794. The average Bonchev–Trinajstić information content (AvgIpc) is 2.51. The average molecular weight is 349 g/mol. The smallest absolute Gasteiger partial charge is 0.419 e. The maximum Gasteiger partial charge on any atom is 0.419 e. The van der Waals surface area contributed by atoms with E-state index in [1.807, 2.05) is 0 Å². The lowest BCUT2D eigenvalue weighted by atomic mass is 9.89. The van der Waals surface area contributed by atoms with Crippen molar-refractivity contribution in [2.45, 2.75) is 32.5 Å². The summed E-state index contributed by atoms with van der Waals surface area (Å²) >= 11 is 0. The maximum atomic E-state index is 13.0. The van der Waals surface area contributed by atoms with Crippen molar-refractivity contribution in [3.8, 4) is 11.5 Å². The zero-order valence-electron chi connectivity index (χ0n) is 14.0. The minimum atomic E-state index is -4.86. The fourth-order valence-electron chi connectivity index (χ4n) is 2.03. The summed E-state index contributed by atoms with van der Waals surface area (Å²) in [6.07, 6.45) is -4.86. The number of carbonyl (C=O) groups excluding carboxylic acids is 1. The summed E-state index contributed by atoms with van der Waals surface area (Å²) in [5.41, 5.74) is -2.90. The van der Waals surface area contributed by atoms with Crippen molar-refractivity contribution in [2.24, 2.45) is 5.92 Å². The van der Waals surface area contributed by atoms with Crippen molar-refractivity contribution in [2.75, 3.05) is 20.3 Å². The summed E-state index contributed by atoms with van der Waals surface area (Å²) in [6, 6.07) is 4.27. The number of carbonyl (C=O) groups is 1. The highest BCUT2D eigenvalue weighted by molar-refractivity contribution is 5.94. The van der Waals surface area contributed by atoms with E-state index in [-0.39, 0.29) is 5.56 Å². The van der Waals surface area contributed by atoms with E-state index in [0.717, 1.165) is 0 Å². The standard InChI is InChI=1S/C16H22F3NO4/c1-5-24-12-7-6-11(8-13(12)23-4)14(21)20-9-15(22,10(2)3)16(17,18)19/h6-8,10,22H,5,9H2,1-4H3,(H,20,21). The molecule has 136 valence electrons. The highest BCUT2D eigenvalue weighted by Crippen LogP contribution is 2.36. The van der Waals surface area contributed by atoms with Crippen LogP contribution in [0.3, 0.4) is 0 Å². The molecule has 0 aliphatic carbocycles. The van der Waals surface area contributed by atoms with Crippen LogP contribution in [-0.4, -0.2) is 43.1 Å². The molecule has 1 aromatic rings. The van der Waals surface area contributed by atoms with Gasteiger partial charge in [-0.3, -0.25) is 4.79 Å². The molecule has 0 spiro atoms. The van der Waals surface area contributed by atoms with Crippen LogP contribution in [0.25, 0.3) is 0 Å². The van der Waals surface area contributed by atoms with Gasteiger partial charge in [-0.1, -0.05) is 13.8 Å². The molecular formula is C16H22F3NO4. The molecule has 8 heteroatoms. The van der Waals surface area contributed by atoms with Gasteiger partial charge in [0, 0.05) is 5.56 Å². The summed E-state index contributed by atoms with van der Waals surface area (Å²) in [6.45, 7) is 3.71. The number of alkyl halides is 3. The van der Waals surface area contributed by atoms with E-state index in [2.05, 4.69) is 5.32 Å². The molecule has 1 aromatic carbocycles. The summed E-state index contributed by atoms with van der Waals surface area (Å²) in [4.78, 5) is 12.1. The molecule has 1 amide bonds. The number of rotatable bonds is 7. The van der Waals surface area contributed by atoms with Crippen molar-refractivity contribution in [3.05, 3.63) is 23.8 Å². The van der Waals surface area contributed by atoms with Crippen LogP contribution in [0.2, 0.25) is 0 Å². The zero-order chi connectivity index (χ0) is 18.5. The molecule has 1 atom stereocenters. The molecule has 2 N–H and O–H groups in total. The van der Waals surface area contributed by atoms with E-state index >= 15 is 0 Å². The predicted molar refractivity (Wildman–Crippen MR) is 82.3 cm³/mol. The number of aliphatic hydroxyl groups is 1. The van der Waals surface area contributed by atoms with Crippen LogP contribution in [0.5, 0.6) is 11.5 Å². The molecule has 24 heavy (non-hydrogen) atoms. The lowest BCUT2D eigenvalue weighted by Crippen LogP contribution is -2.57. The van der Waals surface area contributed by atoms with Gasteiger partial charge in [0.25, 0.3) is 5.91 Å². The third-order valence-electron chi connectivity index (χ3n) is 3.69. The van der Waals surface area contributed by atoms with Crippen molar-refractivity contribution in [1.29, 1.82) is 0 Å². The number of ether oxygens (including phenoxy) is 2. The molecule has 0 saturated carbocycles. The Kier molecular flexibility index (Phi) is 6.48. The maximum absolute atomic E-state index is 13.0. The van der Waals surface area contributed by atoms with Crippen molar-refractivity contribution < 1.29 is 32.5 Å². The van der Waals surface area contributed by atoms with E-state index in [9.17, 15) is 23.1 Å². The molecular weight excluding hydrogens is 327 g/mol. The Labute approximate surface area is 138 Å². The number of benzene rings is 1. The van der Waals surface area contributed by atoms with Gasteiger partial charge in [0.15, 0.2) is 17.1 Å². The minimum absolute atomic E-state index is 0.101. The summed E-state index contributed by atoms with van der Waals surface area (Å²) in [5, 5.41) is 12.0. The normalized spacial score (nSPS) is 14.2. The molecule has 0 saturated heterocycles. The van der Waals surface area contributed by atoms with Crippen molar-refractivity contribution in [3.63, 3.8) is 0 Å². The van der Waals surface area contributed by atoms with Crippen LogP contribution < -0.4 is 14.8 Å². The second-order valence-electron chi connectivity index (χ2n) is 5.56. The molecule has 1 rings (SSSR count). The van der Waals surface area contributed by atoms with Gasteiger partial charge in [0.1, 0.15) is 0 Å². The van der Waals surface area contributed by atoms with Gasteiger partial charge in [0.05, 0.1) is 20.3 Å². The van der Waals surface area contributed by atoms with Gasteiger partial charge in [-0.05, 0) is 31.0 Å². The molecule has 0 aliphatic rings. The third-order valence-corrected chi connectivity index (χ3v) is 3.69. The molecule has 0 radical (unpaired) electrons. The van der Waals surface area contributed by atoms with Crippen molar-refractivity contribution in [1.82, 2.24) is 5.32 Å².